The van der Waals surface area contributed by atoms with E-state index in [9.17, 15) is 0 Å². The molecular weight excluding hydrogens is 206 g/mol. The maximum Gasteiger partial charge on any atom is 0.0298 e. The molecule has 0 heterocycles. The van der Waals surface area contributed by atoms with Crippen LogP contribution in [0.1, 0.15) is 41.5 Å². The molecule has 1 aliphatic carbocycles. The second-order valence-corrected chi connectivity index (χ2v) is 4.78. The van der Waals surface area contributed by atoms with Gasteiger partial charge in [0.25, 0.3) is 0 Å². The van der Waals surface area contributed by atoms with Gasteiger partial charge < -0.3 is 5.73 Å². The topological polar surface area (TPSA) is 26.0 Å². The quantitative estimate of drug-likeness (QED) is 0.785. The van der Waals surface area contributed by atoms with Crippen molar-refractivity contribution >= 4 is 0 Å². The van der Waals surface area contributed by atoms with Crippen molar-refractivity contribution < 1.29 is 0 Å². The maximum atomic E-state index is 6.19. The van der Waals surface area contributed by atoms with E-state index in [1.54, 1.807) is 0 Å². The van der Waals surface area contributed by atoms with Gasteiger partial charge in [-0.1, -0.05) is 54.6 Å². The molecule has 1 aliphatic rings. The van der Waals surface area contributed by atoms with Crippen LogP contribution in [-0.4, -0.2) is 0 Å². The summed E-state index contributed by atoms with van der Waals surface area (Å²) in [7, 11) is 0. The third-order valence-corrected chi connectivity index (χ3v) is 3.74. The predicted molar refractivity (Wildman–Crippen MR) is 70.9 cm³/mol. The van der Waals surface area contributed by atoms with E-state index < -0.39 is 0 Å². The summed E-state index contributed by atoms with van der Waals surface area (Å²) in [6.07, 6.45) is 2.23. The first kappa shape index (κ1) is 10.5. The molecule has 0 spiro atoms. The number of fused-ring (bicyclic) bond motifs is 1. The van der Waals surface area contributed by atoms with Crippen LogP contribution in [0.4, 0.5) is 0 Å². The zero-order valence-electron chi connectivity index (χ0n) is 9.84. The molecule has 2 N–H and O–H groups in total. The van der Waals surface area contributed by atoms with Crippen LogP contribution in [0.5, 0.6) is 0 Å². The lowest BCUT2D eigenvalue weighted by molar-refractivity contribution is 0.530. The van der Waals surface area contributed by atoms with E-state index in [-0.39, 0.29) is 6.04 Å². The average molecular weight is 223 g/mol. The van der Waals surface area contributed by atoms with E-state index in [2.05, 4.69) is 54.6 Å². The molecule has 0 aromatic heterocycles. The van der Waals surface area contributed by atoms with E-state index in [1.165, 1.54) is 16.7 Å². The fourth-order valence-electron chi connectivity index (χ4n) is 2.85. The maximum absolute atomic E-state index is 6.19. The second-order valence-electron chi connectivity index (χ2n) is 4.78. The van der Waals surface area contributed by atoms with E-state index in [1.807, 2.05) is 0 Å². The summed E-state index contributed by atoms with van der Waals surface area (Å²) >= 11 is 0. The van der Waals surface area contributed by atoms with Crippen LogP contribution in [0.2, 0.25) is 0 Å². The molecule has 2 aromatic carbocycles. The van der Waals surface area contributed by atoms with E-state index >= 15 is 0 Å². The SMILES string of the molecule is N[C@@H]1CC[C@@H](c2ccccc2)c2ccccc21. The Morgan fingerprint density at radius 1 is 0.765 bits per heavy atom. The van der Waals surface area contributed by atoms with Crippen molar-refractivity contribution in [2.45, 2.75) is 24.8 Å². The van der Waals surface area contributed by atoms with Gasteiger partial charge in [-0.15, -0.1) is 0 Å². The first-order valence-electron chi connectivity index (χ1n) is 6.25. The number of hydrogen-bond donors (Lipinski definition) is 1. The van der Waals surface area contributed by atoms with E-state index in [0.29, 0.717) is 5.92 Å². The fourth-order valence-corrected chi connectivity index (χ4v) is 2.85. The van der Waals surface area contributed by atoms with Gasteiger partial charge in [-0.3, -0.25) is 0 Å². The van der Waals surface area contributed by atoms with Crippen LogP contribution in [0.15, 0.2) is 54.6 Å². The number of hydrogen-bond acceptors (Lipinski definition) is 1. The Morgan fingerprint density at radius 2 is 1.41 bits per heavy atom. The molecule has 0 saturated carbocycles. The van der Waals surface area contributed by atoms with E-state index in [0.717, 1.165) is 12.8 Å². The first-order valence-corrected chi connectivity index (χ1v) is 6.25. The summed E-state index contributed by atoms with van der Waals surface area (Å²) in [5.74, 6) is 0.521. The van der Waals surface area contributed by atoms with Crippen LogP contribution < -0.4 is 5.73 Å². The Balaban J connectivity index is 2.07. The highest BCUT2D eigenvalue weighted by atomic mass is 14.6. The molecule has 1 nitrogen and oxygen atoms in total. The Hall–Kier alpha value is -1.60. The molecule has 0 radical (unpaired) electrons. The molecule has 0 unspecified atom stereocenters. The highest BCUT2D eigenvalue weighted by molar-refractivity contribution is 5.41. The van der Waals surface area contributed by atoms with Crippen LogP contribution in [0.25, 0.3) is 0 Å². The van der Waals surface area contributed by atoms with Crippen molar-refractivity contribution in [1.82, 2.24) is 0 Å². The highest BCUT2D eigenvalue weighted by Gasteiger charge is 2.25. The van der Waals surface area contributed by atoms with Crippen molar-refractivity contribution in [2.24, 2.45) is 5.73 Å². The van der Waals surface area contributed by atoms with Gasteiger partial charge in [-0.2, -0.15) is 0 Å². The molecule has 2 aromatic rings. The molecule has 0 fully saturated rings. The van der Waals surface area contributed by atoms with Crippen molar-refractivity contribution in [2.75, 3.05) is 0 Å². The summed E-state index contributed by atoms with van der Waals surface area (Å²) in [6.45, 7) is 0. The van der Waals surface area contributed by atoms with Gasteiger partial charge in [-0.25, -0.2) is 0 Å². The number of benzene rings is 2. The lowest BCUT2D eigenvalue weighted by atomic mass is 9.77. The minimum absolute atomic E-state index is 0.214. The van der Waals surface area contributed by atoms with Crippen LogP contribution >= 0.6 is 0 Å². The van der Waals surface area contributed by atoms with Gasteiger partial charge in [0.2, 0.25) is 0 Å². The summed E-state index contributed by atoms with van der Waals surface area (Å²) in [5.41, 5.74) is 10.3. The zero-order valence-corrected chi connectivity index (χ0v) is 9.84. The van der Waals surface area contributed by atoms with Crippen molar-refractivity contribution in [3.8, 4) is 0 Å². The number of rotatable bonds is 1. The Kier molecular flexibility index (Phi) is 2.69. The molecule has 0 amide bonds. The Labute approximate surface area is 102 Å². The molecule has 86 valence electrons. The van der Waals surface area contributed by atoms with Gasteiger partial charge >= 0.3 is 0 Å². The number of nitrogens with two attached hydrogens (primary N) is 1. The molecule has 1 heteroatoms. The minimum Gasteiger partial charge on any atom is -0.324 e. The standard InChI is InChI=1S/C16H17N/c17-16-11-10-13(12-6-2-1-3-7-12)14-8-4-5-9-15(14)16/h1-9,13,16H,10-11,17H2/t13-,16+/m0/s1. The average Bonchev–Trinajstić information content (AvgIpc) is 2.41. The fraction of sp³-hybridized carbons (Fsp3) is 0.250. The Morgan fingerprint density at radius 3 is 2.18 bits per heavy atom. The summed E-state index contributed by atoms with van der Waals surface area (Å²) < 4.78 is 0. The molecule has 0 bridgehead atoms. The molecule has 3 rings (SSSR count). The summed E-state index contributed by atoms with van der Waals surface area (Å²) in [6, 6.07) is 19.6. The summed E-state index contributed by atoms with van der Waals surface area (Å²) in [4.78, 5) is 0. The Bertz CT molecular complexity index is 504. The third-order valence-electron chi connectivity index (χ3n) is 3.74. The molecule has 17 heavy (non-hydrogen) atoms. The smallest absolute Gasteiger partial charge is 0.0298 e. The molecular formula is C16H17N. The third kappa shape index (κ3) is 1.87. The second kappa shape index (κ2) is 4.34. The predicted octanol–water partition coefficient (Wildman–Crippen LogP) is 3.61. The lowest BCUT2D eigenvalue weighted by Gasteiger charge is -2.29. The molecule has 0 aliphatic heterocycles. The normalized spacial score (nSPS) is 23.1. The van der Waals surface area contributed by atoms with E-state index in [4.69, 9.17) is 5.73 Å². The van der Waals surface area contributed by atoms with Crippen LogP contribution in [0.3, 0.4) is 0 Å². The van der Waals surface area contributed by atoms with Gasteiger partial charge in [0.05, 0.1) is 0 Å². The first-order chi connectivity index (χ1) is 8.36. The van der Waals surface area contributed by atoms with Crippen molar-refractivity contribution in [1.29, 1.82) is 0 Å². The summed E-state index contributed by atoms with van der Waals surface area (Å²) in [5, 5.41) is 0. The monoisotopic (exact) mass is 223 g/mol. The van der Waals surface area contributed by atoms with Crippen LogP contribution in [0, 0.1) is 0 Å². The van der Waals surface area contributed by atoms with Gasteiger partial charge in [0.15, 0.2) is 0 Å². The highest BCUT2D eigenvalue weighted by Crippen LogP contribution is 2.39. The van der Waals surface area contributed by atoms with Crippen molar-refractivity contribution in [3.63, 3.8) is 0 Å². The largest absolute Gasteiger partial charge is 0.324 e. The zero-order chi connectivity index (χ0) is 11.7. The van der Waals surface area contributed by atoms with Gasteiger partial charge in [0, 0.05) is 12.0 Å². The van der Waals surface area contributed by atoms with Crippen LogP contribution in [-0.2, 0) is 0 Å². The van der Waals surface area contributed by atoms with Gasteiger partial charge in [0.1, 0.15) is 0 Å². The molecule has 2 atom stereocenters. The lowest BCUT2D eigenvalue weighted by Crippen LogP contribution is -2.20. The molecule has 0 saturated heterocycles. The van der Waals surface area contributed by atoms with Gasteiger partial charge in [-0.05, 0) is 29.5 Å². The van der Waals surface area contributed by atoms with Crippen molar-refractivity contribution in [3.05, 3.63) is 71.3 Å². The minimum atomic E-state index is 0.214.